The van der Waals surface area contributed by atoms with Crippen LogP contribution in [0.4, 0.5) is 0 Å². The number of carbonyl (C=O) groups is 2. The molecule has 1 saturated heterocycles. The van der Waals surface area contributed by atoms with Crippen LogP contribution in [0.25, 0.3) is 0 Å². The summed E-state index contributed by atoms with van der Waals surface area (Å²) in [5.41, 5.74) is 2.67. The highest BCUT2D eigenvalue weighted by Gasteiger charge is 2.33. The Morgan fingerprint density at radius 2 is 2.00 bits per heavy atom. The molecule has 0 radical (unpaired) electrons. The summed E-state index contributed by atoms with van der Waals surface area (Å²) in [6, 6.07) is 7.20. The molecule has 0 aromatic heterocycles. The lowest BCUT2D eigenvalue weighted by Gasteiger charge is -2.32. The summed E-state index contributed by atoms with van der Waals surface area (Å²) in [5.74, 6) is 0.260. The average Bonchev–Trinajstić information content (AvgIpc) is 2.98. The molecule has 0 saturated carbocycles. The van der Waals surface area contributed by atoms with Crippen LogP contribution < -0.4 is 5.32 Å². The van der Waals surface area contributed by atoms with E-state index in [4.69, 9.17) is 0 Å². The Bertz CT molecular complexity index is 679. The monoisotopic (exact) mass is 375 g/mol. The number of carbonyl (C=O) groups excluding carboxylic acids is 2. The number of nitrogens with one attached hydrogen (secondary N) is 1. The van der Waals surface area contributed by atoms with Gasteiger partial charge < -0.3 is 10.2 Å². The maximum Gasteiger partial charge on any atom is 0.224 e. The molecule has 1 aromatic carbocycles. The first-order chi connectivity index (χ1) is 12.5. The van der Waals surface area contributed by atoms with Gasteiger partial charge in [0.2, 0.25) is 11.8 Å². The van der Waals surface area contributed by atoms with Crippen molar-refractivity contribution in [3.63, 3.8) is 0 Å². The zero-order chi connectivity index (χ0) is 18.7. The molecule has 1 aromatic rings. The molecule has 142 valence electrons. The standard InChI is InChI=1S/C20H29N3O2S/c1-14(24)21-12-18-6-5-17(22(18)2)11-20(25)23-9-8-15-10-19(26-3)7-4-16(15)13-23/h4,7,10,17-18H,5-6,8-9,11-13H2,1-3H3,(H,21,24)/t17-,18+/m0/s1. The van der Waals surface area contributed by atoms with Gasteiger partial charge in [0.25, 0.3) is 0 Å². The number of amides is 2. The summed E-state index contributed by atoms with van der Waals surface area (Å²) >= 11 is 1.76. The molecular weight excluding hydrogens is 346 g/mol. The first-order valence-electron chi connectivity index (χ1n) is 9.38. The second kappa shape index (κ2) is 8.44. The third kappa shape index (κ3) is 4.41. The van der Waals surface area contributed by atoms with E-state index in [1.807, 2.05) is 4.90 Å². The first-order valence-corrected chi connectivity index (χ1v) is 10.6. The second-order valence-corrected chi connectivity index (χ2v) is 8.27. The Morgan fingerprint density at radius 1 is 1.23 bits per heavy atom. The third-order valence-corrected chi connectivity index (χ3v) is 6.49. The Morgan fingerprint density at radius 3 is 2.73 bits per heavy atom. The van der Waals surface area contributed by atoms with Gasteiger partial charge in [0.15, 0.2) is 0 Å². The van der Waals surface area contributed by atoms with Crippen LogP contribution in [-0.4, -0.2) is 60.1 Å². The van der Waals surface area contributed by atoms with Gasteiger partial charge in [0.1, 0.15) is 0 Å². The van der Waals surface area contributed by atoms with Gasteiger partial charge in [-0.1, -0.05) is 6.07 Å². The Labute approximate surface area is 160 Å². The van der Waals surface area contributed by atoms with Crippen molar-refractivity contribution in [2.75, 3.05) is 26.4 Å². The van der Waals surface area contributed by atoms with Crippen LogP contribution in [0.3, 0.4) is 0 Å². The number of fused-ring (bicyclic) bond motifs is 1. The van der Waals surface area contributed by atoms with Gasteiger partial charge in [-0.25, -0.2) is 0 Å². The minimum absolute atomic E-state index is 0.00883. The molecule has 2 aliphatic heterocycles. The third-order valence-electron chi connectivity index (χ3n) is 5.76. The van der Waals surface area contributed by atoms with Gasteiger partial charge in [0.05, 0.1) is 0 Å². The molecule has 2 heterocycles. The van der Waals surface area contributed by atoms with E-state index in [2.05, 4.69) is 41.7 Å². The maximum absolute atomic E-state index is 12.8. The first kappa shape index (κ1) is 19.2. The fourth-order valence-electron chi connectivity index (χ4n) is 4.04. The molecule has 26 heavy (non-hydrogen) atoms. The van der Waals surface area contributed by atoms with Crippen LogP contribution in [0.1, 0.15) is 37.3 Å². The number of nitrogens with zero attached hydrogens (tertiary/aromatic N) is 2. The second-order valence-electron chi connectivity index (χ2n) is 7.39. The van der Waals surface area contributed by atoms with E-state index in [-0.39, 0.29) is 17.9 Å². The number of hydrogen-bond acceptors (Lipinski definition) is 4. The fraction of sp³-hybridized carbons (Fsp3) is 0.600. The highest BCUT2D eigenvalue weighted by molar-refractivity contribution is 7.98. The van der Waals surface area contributed by atoms with E-state index in [1.54, 1.807) is 18.7 Å². The zero-order valence-corrected chi connectivity index (χ0v) is 16.8. The van der Waals surface area contributed by atoms with Crippen LogP contribution >= 0.6 is 11.8 Å². The summed E-state index contributed by atoms with van der Waals surface area (Å²) in [5, 5.41) is 2.90. The fourth-order valence-corrected chi connectivity index (χ4v) is 4.51. The molecule has 0 spiro atoms. The minimum atomic E-state index is 0.00883. The van der Waals surface area contributed by atoms with Gasteiger partial charge >= 0.3 is 0 Å². The lowest BCUT2D eigenvalue weighted by molar-refractivity contribution is -0.133. The summed E-state index contributed by atoms with van der Waals surface area (Å²) in [6.45, 7) is 3.77. The van der Waals surface area contributed by atoms with E-state index < -0.39 is 0 Å². The summed E-state index contributed by atoms with van der Waals surface area (Å²) in [4.78, 5) is 29.5. The molecule has 1 N–H and O–H groups in total. The van der Waals surface area contributed by atoms with Crippen molar-refractivity contribution in [1.29, 1.82) is 0 Å². The van der Waals surface area contributed by atoms with Crippen LogP contribution in [-0.2, 0) is 22.6 Å². The summed E-state index contributed by atoms with van der Waals surface area (Å²) in [7, 11) is 2.08. The van der Waals surface area contributed by atoms with Crippen molar-refractivity contribution in [1.82, 2.24) is 15.1 Å². The van der Waals surface area contributed by atoms with Crippen molar-refractivity contribution in [3.8, 4) is 0 Å². The van der Waals surface area contributed by atoms with E-state index in [9.17, 15) is 9.59 Å². The van der Waals surface area contributed by atoms with Crippen LogP contribution in [0.15, 0.2) is 23.1 Å². The number of thioether (sulfide) groups is 1. The van der Waals surface area contributed by atoms with Gasteiger partial charge in [-0.3, -0.25) is 14.5 Å². The predicted molar refractivity (Wildman–Crippen MR) is 105 cm³/mol. The molecular formula is C20H29N3O2S. The normalized spacial score (nSPS) is 23.0. The molecule has 5 nitrogen and oxygen atoms in total. The highest BCUT2D eigenvalue weighted by atomic mass is 32.2. The van der Waals surface area contributed by atoms with Crippen molar-refractivity contribution in [2.24, 2.45) is 0 Å². The molecule has 2 atom stereocenters. The van der Waals surface area contributed by atoms with E-state index in [0.717, 1.165) is 32.4 Å². The number of rotatable bonds is 5. The molecule has 0 aliphatic carbocycles. The molecule has 0 bridgehead atoms. The van der Waals surface area contributed by atoms with Gasteiger partial charge in [-0.05, 0) is 55.8 Å². The van der Waals surface area contributed by atoms with E-state index in [0.29, 0.717) is 19.0 Å². The average molecular weight is 376 g/mol. The molecule has 1 fully saturated rings. The van der Waals surface area contributed by atoms with E-state index >= 15 is 0 Å². The van der Waals surface area contributed by atoms with Crippen LogP contribution in [0.5, 0.6) is 0 Å². The lowest BCUT2D eigenvalue weighted by atomic mass is 9.99. The topological polar surface area (TPSA) is 52.7 Å². The number of likely N-dealkylation sites (tertiary alicyclic amines) is 1. The van der Waals surface area contributed by atoms with Crippen LogP contribution in [0, 0.1) is 0 Å². The summed E-state index contributed by atoms with van der Waals surface area (Å²) < 4.78 is 0. The lowest BCUT2D eigenvalue weighted by Crippen LogP contribution is -2.43. The predicted octanol–water partition coefficient (Wildman–Crippen LogP) is 2.28. The molecule has 2 aliphatic rings. The zero-order valence-electron chi connectivity index (χ0n) is 16.0. The van der Waals surface area contributed by atoms with Crippen molar-refractivity contribution in [3.05, 3.63) is 29.3 Å². The Kier molecular flexibility index (Phi) is 6.24. The molecule has 0 unspecified atom stereocenters. The number of likely N-dealkylation sites (N-methyl/N-ethyl adjacent to an activating group) is 1. The SMILES string of the molecule is CSc1ccc2c(c1)CCN(C(=O)C[C@@H]1CC[C@H](CNC(C)=O)N1C)C2. The minimum Gasteiger partial charge on any atom is -0.355 e. The van der Waals surface area contributed by atoms with Crippen molar-refractivity contribution >= 4 is 23.6 Å². The maximum atomic E-state index is 12.8. The number of benzene rings is 1. The Balaban J connectivity index is 1.55. The van der Waals surface area contributed by atoms with Crippen molar-refractivity contribution in [2.45, 2.75) is 56.1 Å². The molecule has 3 rings (SSSR count). The number of hydrogen-bond donors (Lipinski definition) is 1. The van der Waals surface area contributed by atoms with Crippen molar-refractivity contribution < 1.29 is 9.59 Å². The molecule has 6 heteroatoms. The smallest absolute Gasteiger partial charge is 0.224 e. The largest absolute Gasteiger partial charge is 0.355 e. The Hall–Kier alpha value is -1.53. The van der Waals surface area contributed by atoms with Gasteiger partial charge in [-0.2, -0.15) is 0 Å². The van der Waals surface area contributed by atoms with Gasteiger partial charge in [0, 0.05) is 50.0 Å². The highest BCUT2D eigenvalue weighted by Crippen LogP contribution is 2.27. The van der Waals surface area contributed by atoms with Crippen LogP contribution in [0.2, 0.25) is 0 Å². The quantitative estimate of drug-likeness (QED) is 0.803. The summed E-state index contributed by atoms with van der Waals surface area (Å²) in [6.07, 6.45) is 5.67. The molecule has 2 amide bonds. The van der Waals surface area contributed by atoms with E-state index in [1.165, 1.54) is 16.0 Å². The van der Waals surface area contributed by atoms with Gasteiger partial charge in [-0.15, -0.1) is 11.8 Å².